The fraction of sp³-hybridized carbons (Fsp3) is 0.0476. The number of nitriles is 1. The molecule has 6 heteroatoms. The van der Waals surface area contributed by atoms with Crippen LogP contribution in [0.4, 0.5) is 5.69 Å². The predicted molar refractivity (Wildman–Crippen MR) is 107 cm³/mol. The number of nitrogens with two attached hydrogens (primary N) is 1. The molecule has 0 bridgehead atoms. The molecule has 27 heavy (non-hydrogen) atoms. The van der Waals surface area contributed by atoms with Gasteiger partial charge in [-0.3, -0.25) is 4.99 Å². The molecule has 0 aliphatic heterocycles. The van der Waals surface area contributed by atoms with Gasteiger partial charge in [0.15, 0.2) is 0 Å². The molecule has 1 heterocycles. The first-order valence-corrected chi connectivity index (χ1v) is 8.21. The Morgan fingerprint density at radius 3 is 2.74 bits per heavy atom. The average Bonchev–Trinajstić information content (AvgIpc) is 3.18. The standard InChI is InChI=1S/C21H17N5O/c1-3-8-24-19(4-2)20-25-21(27-26-20)17-10-14(13-22)9-16(11-17)15-6-5-7-18(23)12-15/h3-12H,1,23H2,2H3/b19-4-,24-8?. The molecule has 2 aromatic carbocycles. The molecule has 0 unspecified atom stereocenters. The Morgan fingerprint density at radius 2 is 2.04 bits per heavy atom. The molecule has 0 spiro atoms. The van der Waals surface area contributed by atoms with Gasteiger partial charge in [0.05, 0.1) is 11.6 Å². The maximum atomic E-state index is 9.38. The van der Waals surface area contributed by atoms with Gasteiger partial charge < -0.3 is 10.3 Å². The number of allylic oxidation sites excluding steroid dienone is 2. The van der Waals surface area contributed by atoms with Crippen LogP contribution >= 0.6 is 0 Å². The number of benzene rings is 2. The zero-order valence-corrected chi connectivity index (χ0v) is 14.8. The summed E-state index contributed by atoms with van der Waals surface area (Å²) in [5.41, 5.74) is 9.96. The van der Waals surface area contributed by atoms with E-state index in [1.807, 2.05) is 37.3 Å². The number of hydrogen-bond acceptors (Lipinski definition) is 6. The van der Waals surface area contributed by atoms with Crippen LogP contribution in [0.3, 0.4) is 0 Å². The summed E-state index contributed by atoms with van der Waals surface area (Å²) < 4.78 is 5.39. The maximum absolute atomic E-state index is 9.38. The molecule has 0 aliphatic rings. The normalized spacial score (nSPS) is 11.5. The number of aliphatic imine (C=N–C) groups is 1. The van der Waals surface area contributed by atoms with Crippen molar-refractivity contribution in [1.29, 1.82) is 5.26 Å². The van der Waals surface area contributed by atoms with Gasteiger partial charge in [0.25, 0.3) is 5.89 Å². The van der Waals surface area contributed by atoms with Gasteiger partial charge in [-0.25, -0.2) is 0 Å². The Labute approximate surface area is 157 Å². The molecule has 132 valence electrons. The van der Waals surface area contributed by atoms with Crippen LogP contribution in [0.25, 0.3) is 28.3 Å². The minimum Gasteiger partial charge on any atom is -0.399 e. The number of aromatic nitrogens is 2. The van der Waals surface area contributed by atoms with Crippen molar-refractivity contribution in [3.63, 3.8) is 0 Å². The van der Waals surface area contributed by atoms with E-state index in [9.17, 15) is 5.26 Å². The fourth-order valence-electron chi connectivity index (χ4n) is 2.54. The van der Waals surface area contributed by atoms with Crippen molar-refractivity contribution in [1.82, 2.24) is 10.1 Å². The first-order chi connectivity index (χ1) is 13.1. The molecular weight excluding hydrogens is 338 g/mol. The van der Waals surface area contributed by atoms with Crippen molar-refractivity contribution < 1.29 is 4.52 Å². The van der Waals surface area contributed by atoms with Crippen LogP contribution < -0.4 is 5.73 Å². The Hall–Kier alpha value is -3.98. The largest absolute Gasteiger partial charge is 0.399 e. The highest BCUT2D eigenvalue weighted by atomic mass is 16.5. The molecule has 6 nitrogen and oxygen atoms in total. The smallest absolute Gasteiger partial charge is 0.258 e. The van der Waals surface area contributed by atoms with E-state index in [0.29, 0.717) is 34.2 Å². The Morgan fingerprint density at radius 1 is 1.22 bits per heavy atom. The fourth-order valence-corrected chi connectivity index (χ4v) is 2.54. The van der Waals surface area contributed by atoms with E-state index in [1.54, 1.807) is 30.5 Å². The SMILES string of the molecule is C=CC=N/C(=C\C)c1noc(-c2cc(C#N)cc(-c3cccc(N)c3)c2)n1. The molecule has 0 radical (unpaired) electrons. The minimum atomic E-state index is 0.306. The van der Waals surface area contributed by atoms with Crippen molar-refractivity contribution in [3.8, 4) is 28.7 Å². The summed E-state index contributed by atoms with van der Waals surface area (Å²) in [4.78, 5) is 8.62. The second kappa shape index (κ2) is 7.93. The lowest BCUT2D eigenvalue weighted by molar-refractivity contribution is 0.428. The van der Waals surface area contributed by atoms with E-state index in [0.717, 1.165) is 11.1 Å². The lowest BCUT2D eigenvalue weighted by atomic mass is 9.99. The third kappa shape index (κ3) is 3.99. The summed E-state index contributed by atoms with van der Waals surface area (Å²) in [6, 6.07) is 15.0. The van der Waals surface area contributed by atoms with Gasteiger partial charge in [-0.2, -0.15) is 10.2 Å². The maximum Gasteiger partial charge on any atom is 0.258 e. The number of nitrogens with zero attached hydrogens (tertiary/aromatic N) is 4. The van der Waals surface area contributed by atoms with Crippen LogP contribution in [-0.2, 0) is 0 Å². The summed E-state index contributed by atoms with van der Waals surface area (Å²) >= 11 is 0. The average molecular weight is 355 g/mol. The molecule has 3 rings (SSSR count). The van der Waals surface area contributed by atoms with E-state index < -0.39 is 0 Å². The minimum absolute atomic E-state index is 0.306. The molecule has 3 aromatic rings. The van der Waals surface area contributed by atoms with Gasteiger partial charge in [-0.1, -0.05) is 36.0 Å². The Bertz CT molecular complexity index is 1090. The molecule has 0 fully saturated rings. The van der Waals surface area contributed by atoms with Gasteiger partial charge in [0.1, 0.15) is 5.70 Å². The second-order valence-electron chi connectivity index (χ2n) is 5.65. The van der Waals surface area contributed by atoms with E-state index in [4.69, 9.17) is 10.3 Å². The molecule has 0 amide bonds. The van der Waals surface area contributed by atoms with Crippen molar-refractivity contribution >= 4 is 17.6 Å². The lowest BCUT2D eigenvalue weighted by Gasteiger charge is -2.05. The number of hydrogen-bond donors (Lipinski definition) is 1. The van der Waals surface area contributed by atoms with E-state index in [1.165, 1.54) is 0 Å². The van der Waals surface area contributed by atoms with Crippen LogP contribution in [0, 0.1) is 11.3 Å². The van der Waals surface area contributed by atoms with Crippen molar-refractivity contribution in [3.05, 3.63) is 72.6 Å². The Kier molecular flexibility index (Phi) is 5.24. The number of rotatable bonds is 5. The summed E-state index contributed by atoms with van der Waals surface area (Å²) in [6.07, 6.45) is 4.90. The predicted octanol–water partition coefficient (Wildman–Crippen LogP) is 4.48. The van der Waals surface area contributed by atoms with Crippen molar-refractivity contribution in [2.75, 3.05) is 5.73 Å². The molecule has 0 saturated carbocycles. The summed E-state index contributed by atoms with van der Waals surface area (Å²) in [7, 11) is 0. The van der Waals surface area contributed by atoms with Crippen LogP contribution in [0.1, 0.15) is 18.3 Å². The van der Waals surface area contributed by atoms with E-state index >= 15 is 0 Å². The van der Waals surface area contributed by atoms with Gasteiger partial charge in [0.2, 0.25) is 5.82 Å². The zero-order chi connectivity index (χ0) is 19.2. The number of nitrogen functional groups attached to an aromatic ring is 1. The Balaban J connectivity index is 2.05. The van der Waals surface area contributed by atoms with Gasteiger partial charge in [-0.15, -0.1) is 0 Å². The molecule has 0 aliphatic carbocycles. The third-order valence-electron chi connectivity index (χ3n) is 3.78. The van der Waals surface area contributed by atoms with E-state index in [-0.39, 0.29) is 0 Å². The number of anilines is 1. The van der Waals surface area contributed by atoms with Crippen LogP contribution in [0.5, 0.6) is 0 Å². The molecule has 0 saturated heterocycles. The molecular formula is C21H17N5O. The van der Waals surface area contributed by atoms with Gasteiger partial charge >= 0.3 is 0 Å². The lowest BCUT2D eigenvalue weighted by Crippen LogP contribution is -1.89. The highest BCUT2D eigenvalue weighted by Gasteiger charge is 2.14. The van der Waals surface area contributed by atoms with Crippen LogP contribution in [0.15, 0.2) is 70.7 Å². The summed E-state index contributed by atoms with van der Waals surface area (Å²) in [5.74, 6) is 0.666. The molecule has 2 N–H and O–H groups in total. The van der Waals surface area contributed by atoms with Crippen molar-refractivity contribution in [2.45, 2.75) is 6.92 Å². The highest BCUT2D eigenvalue weighted by Crippen LogP contribution is 2.29. The van der Waals surface area contributed by atoms with Crippen LogP contribution in [-0.4, -0.2) is 16.4 Å². The first-order valence-electron chi connectivity index (χ1n) is 8.21. The zero-order valence-electron chi connectivity index (χ0n) is 14.8. The third-order valence-corrected chi connectivity index (χ3v) is 3.78. The molecule has 1 aromatic heterocycles. The first kappa shape index (κ1) is 17.8. The molecule has 0 atom stereocenters. The van der Waals surface area contributed by atoms with Gasteiger partial charge in [0, 0.05) is 17.5 Å². The highest BCUT2D eigenvalue weighted by molar-refractivity contribution is 5.78. The van der Waals surface area contributed by atoms with E-state index in [2.05, 4.69) is 27.8 Å². The summed E-state index contributed by atoms with van der Waals surface area (Å²) in [5, 5.41) is 13.4. The van der Waals surface area contributed by atoms with Crippen molar-refractivity contribution in [2.24, 2.45) is 4.99 Å². The summed E-state index contributed by atoms with van der Waals surface area (Å²) in [6.45, 7) is 5.43. The van der Waals surface area contributed by atoms with Crippen LogP contribution in [0.2, 0.25) is 0 Å². The quantitative estimate of drug-likeness (QED) is 0.537. The monoisotopic (exact) mass is 355 g/mol. The van der Waals surface area contributed by atoms with Gasteiger partial charge in [-0.05, 0) is 48.4 Å². The second-order valence-corrected chi connectivity index (χ2v) is 5.65. The topological polar surface area (TPSA) is 101 Å².